The molecular formula is C20H33N5O. The zero-order valence-corrected chi connectivity index (χ0v) is 16.0. The summed E-state index contributed by atoms with van der Waals surface area (Å²) in [7, 11) is 0. The van der Waals surface area contributed by atoms with Crippen molar-refractivity contribution in [2.75, 3.05) is 50.7 Å². The minimum absolute atomic E-state index is 0.150. The molecule has 2 atom stereocenters. The predicted octanol–water partition coefficient (Wildman–Crippen LogP) is 1.57. The van der Waals surface area contributed by atoms with Gasteiger partial charge in [-0.15, -0.1) is 0 Å². The van der Waals surface area contributed by atoms with Gasteiger partial charge in [-0.2, -0.15) is 0 Å². The summed E-state index contributed by atoms with van der Waals surface area (Å²) >= 11 is 0. The zero-order chi connectivity index (χ0) is 18.4. The van der Waals surface area contributed by atoms with E-state index in [-0.39, 0.29) is 11.9 Å². The Labute approximate surface area is 157 Å². The van der Waals surface area contributed by atoms with E-state index in [9.17, 15) is 4.79 Å². The Morgan fingerprint density at radius 1 is 1.27 bits per heavy atom. The fourth-order valence-corrected chi connectivity index (χ4v) is 4.15. The second kappa shape index (κ2) is 9.33. The highest BCUT2D eigenvalue weighted by Gasteiger charge is 2.28. The van der Waals surface area contributed by atoms with Crippen molar-refractivity contribution in [1.29, 1.82) is 0 Å². The molecule has 2 unspecified atom stereocenters. The van der Waals surface area contributed by atoms with Gasteiger partial charge in [-0.1, -0.05) is 19.4 Å². The highest BCUT2D eigenvalue weighted by atomic mass is 16.2. The Hall–Kier alpha value is -1.66. The van der Waals surface area contributed by atoms with Crippen molar-refractivity contribution in [1.82, 2.24) is 14.8 Å². The molecule has 26 heavy (non-hydrogen) atoms. The lowest BCUT2D eigenvalue weighted by Gasteiger charge is -2.40. The van der Waals surface area contributed by atoms with Crippen LogP contribution in [0.1, 0.15) is 32.6 Å². The molecule has 6 heteroatoms. The number of rotatable bonds is 6. The van der Waals surface area contributed by atoms with Crippen molar-refractivity contribution >= 4 is 11.7 Å². The summed E-state index contributed by atoms with van der Waals surface area (Å²) in [6.45, 7) is 9.09. The molecule has 2 aliphatic heterocycles. The molecule has 0 aliphatic carbocycles. The van der Waals surface area contributed by atoms with E-state index in [1.807, 2.05) is 23.2 Å². The number of nitrogens with two attached hydrogens (primary N) is 1. The fraction of sp³-hybridized carbons (Fsp3) is 0.700. The number of carbonyl (C=O) groups excluding carboxylic acids is 1. The van der Waals surface area contributed by atoms with E-state index in [4.69, 9.17) is 5.73 Å². The van der Waals surface area contributed by atoms with Gasteiger partial charge in [-0.25, -0.2) is 4.98 Å². The number of amides is 1. The topological polar surface area (TPSA) is 65.7 Å². The van der Waals surface area contributed by atoms with Crippen LogP contribution >= 0.6 is 0 Å². The van der Waals surface area contributed by atoms with Crippen LogP contribution in [0.2, 0.25) is 0 Å². The second-order valence-electron chi connectivity index (χ2n) is 7.66. The van der Waals surface area contributed by atoms with Gasteiger partial charge in [-0.3, -0.25) is 9.69 Å². The number of hydrogen-bond donors (Lipinski definition) is 1. The van der Waals surface area contributed by atoms with Crippen molar-refractivity contribution in [2.45, 2.75) is 38.6 Å². The van der Waals surface area contributed by atoms with Gasteiger partial charge in [0.1, 0.15) is 5.82 Å². The van der Waals surface area contributed by atoms with E-state index in [1.54, 1.807) is 0 Å². The second-order valence-corrected chi connectivity index (χ2v) is 7.66. The Balaban J connectivity index is 1.45. The number of piperidine rings is 1. The maximum atomic E-state index is 12.5. The van der Waals surface area contributed by atoms with E-state index >= 15 is 0 Å². The Kier molecular flexibility index (Phi) is 6.86. The van der Waals surface area contributed by atoms with Crippen LogP contribution in [0.25, 0.3) is 0 Å². The van der Waals surface area contributed by atoms with Gasteiger partial charge in [0.2, 0.25) is 5.91 Å². The Morgan fingerprint density at radius 3 is 2.77 bits per heavy atom. The molecule has 0 radical (unpaired) electrons. The smallest absolute Gasteiger partial charge is 0.239 e. The first-order chi connectivity index (χ1) is 12.7. The lowest BCUT2D eigenvalue weighted by atomic mass is 9.96. The summed E-state index contributed by atoms with van der Waals surface area (Å²) in [5, 5.41) is 0. The Morgan fingerprint density at radius 2 is 2.08 bits per heavy atom. The van der Waals surface area contributed by atoms with Crippen LogP contribution in [0.3, 0.4) is 0 Å². The first kappa shape index (κ1) is 19.1. The van der Waals surface area contributed by atoms with E-state index in [2.05, 4.69) is 27.8 Å². The monoisotopic (exact) mass is 359 g/mol. The van der Waals surface area contributed by atoms with Gasteiger partial charge in [0.15, 0.2) is 0 Å². The van der Waals surface area contributed by atoms with Crippen molar-refractivity contribution in [3.63, 3.8) is 0 Å². The number of anilines is 1. The van der Waals surface area contributed by atoms with Crippen LogP contribution in [-0.2, 0) is 4.79 Å². The molecule has 6 nitrogen and oxygen atoms in total. The van der Waals surface area contributed by atoms with E-state index in [0.717, 1.165) is 70.9 Å². The van der Waals surface area contributed by atoms with Crippen LogP contribution < -0.4 is 10.6 Å². The molecule has 0 saturated carbocycles. The summed E-state index contributed by atoms with van der Waals surface area (Å²) in [5.74, 6) is 1.80. The average Bonchev–Trinajstić information content (AvgIpc) is 2.69. The molecule has 0 bridgehead atoms. The fourth-order valence-electron chi connectivity index (χ4n) is 4.15. The summed E-state index contributed by atoms with van der Waals surface area (Å²) in [5.41, 5.74) is 6.05. The normalized spacial score (nSPS) is 23.1. The van der Waals surface area contributed by atoms with Crippen LogP contribution in [0.15, 0.2) is 24.4 Å². The van der Waals surface area contributed by atoms with Crippen LogP contribution in [-0.4, -0.2) is 72.5 Å². The zero-order valence-electron chi connectivity index (χ0n) is 16.0. The standard InChI is InChI=1S/C20H33N5O/c1-2-6-18(21)20(26)25-10-5-7-17(16-25)15-23-11-13-24(14-12-23)19-8-3-4-9-22-19/h3-4,8-9,17-18H,2,5-7,10-16,21H2,1H3. The third-order valence-corrected chi connectivity index (χ3v) is 5.61. The molecule has 3 heterocycles. The molecule has 2 aliphatic rings. The summed E-state index contributed by atoms with van der Waals surface area (Å²) < 4.78 is 0. The van der Waals surface area contributed by atoms with E-state index in [0.29, 0.717) is 5.92 Å². The predicted molar refractivity (Wildman–Crippen MR) is 105 cm³/mol. The van der Waals surface area contributed by atoms with Gasteiger partial charge >= 0.3 is 0 Å². The molecule has 1 aromatic heterocycles. The number of likely N-dealkylation sites (tertiary alicyclic amines) is 1. The molecule has 3 rings (SSSR count). The minimum atomic E-state index is -0.319. The highest BCUT2D eigenvalue weighted by molar-refractivity contribution is 5.81. The highest BCUT2D eigenvalue weighted by Crippen LogP contribution is 2.20. The number of aromatic nitrogens is 1. The average molecular weight is 360 g/mol. The number of hydrogen-bond acceptors (Lipinski definition) is 5. The summed E-state index contributed by atoms with van der Waals surface area (Å²) in [6, 6.07) is 5.77. The largest absolute Gasteiger partial charge is 0.354 e. The summed E-state index contributed by atoms with van der Waals surface area (Å²) in [4.78, 5) is 23.9. The molecule has 0 spiro atoms. The molecule has 144 valence electrons. The molecule has 2 saturated heterocycles. The van der Waals surface area contributed by atoms with Gasteiger partial charge in [0, 0.05) is 52.0 Å². The SMILES string of the molecule is CCCC(N)C(=O)N1CCCC(CN2CCN(c3ccccn3)CC2)C1. The molecule has 2 N–H and O–H groups in total. The first-order valence-electron chi connectivity index (χ1n) is 10.1. The summed E-state index contributed by atoms with van der Waals surface area (Å²) in [6.07, 6.45) is 5.93. The van der Waals surface area contributed by atoms with Crippen molar-refractivity contribution in [3.8, 4) is 0 Å². The lowest BCUT2D eigenvalue weighted by Crippen LogP contribution is -2.52. The van der Waals surface area contributed by atoms with Crippen LogP contribution in [0.5, 0.6) is 0 Å². The number of piperazine rings is 1. The van der Waals surface area contributed by atoms with Crippen molar-refractivity contribution in [3.05, 3.63) is 24.4 Å². The van der Waals surface area contributed by atoms with E-state index in [1.165, 1.54) is 6.42 Å². The Bertz CT molecular complexity index is 559. The third kappa shape index (κ3) is 4.95. The minimum Gasteiger partial charge on any atom is -0.354 e. The number of pyridine rings is 1. The van der Waals surface area contributed by atoms with Gasteiger partial charge in [-0.05, 0) is 37.3 Å². The number of carbonyl (C=O) groups is 1. The molecule has 0 aromatic carbocycles. The maximum absolute atomic E-state index is 12.5. The van der Waals surface area contributed by atoms with Gasteiger partial charge in [0.05, 0.1) is 6.04 Å². The van der Waals surface area contributed by atoms with Crippen LogP contribution in [0, 0.1) is 5.92 Å². The maximum Gasteiger partial charge on any atom is 0.239 e. The molecule has 2 fully saturated rings. The van der Waals surface area contributed by atoms with Gasteiger partial charge in [0.25, 0.3) is 0 Å². The number of nitrogens with zero attached hydrogens (tertiary/aromatic N) is 4. The first-order valence-corrected chi connectivity index (χ1v) is 10.1. The van der Waals surface area contributed by atoms with Crippen molar-refractivity contribution in [2.24, 2.45) is 11.7 Å². The molecular weight excluding hydrogens is 326 g/mol. The quantitative estimate of drug-likeness (QED) is 0.835. The molecule has 1 aromatic rings. The third-order valence-electron chi connectivity index (χ3n) is 5.61. The molecule has 1 amide bonds. The van der Waals surface area contributed by atoms with E-state index < -0.39 is 0 Å². The van der Waals surface area contributed by atoms with Crippen LogP contribution in [0.4, 0.5) is 5.82 Å². The van der Waals surface area contributed by atoms with Crippen molar-refractivity contribution < 1.29 is 4.79 Å². The van der Waals surface area contributed by atoms with Gasteiger partial charge < -0.3 is 15.5 Å². The lowest BCUT2D eigenvalue weighted by molar-refractivity contribution is -0.134.